The molecule has 1 heterocycles. The summed E-state index contributed by atoms with van der Waals surface area (Å²) in [7, 11) is 0. The molecule has 1 fully saturated rings. The third kappa shape index (κ3) is 4.54. The number of nitrogens with zero attached hydrogens (tertiary/aromatic N) is 1. The molecule has 3 rings (SSSR count). The van der Waals surface area contributed by atoms with Gasteiger partial charge in [-0.2, -0.15) is 13.2 Å². The molecule has 4 N–H and O–H groups in total. The monoisotopic (exact) mass is 392 g/mol. The van der Waals surface area contributed by atoms with Crippen LogP contribution >= 0.6 is 0 Å². The van der Waals surface area contributed by atoms with Crippen LogP contribution in [-0.2, 0) is 6.18 Å². The highest BCUT2D eigenvalue weighted by Crippen LogP contribution is 2.36. The van der Waals surface area contributed by atoms with Gasteiger partial charge in [-0.25, -0.2) is 4.79 Å². The molecule has 0 aliphatic carbocycles. The Morgan fingerprint density at radius 3 is 2.36 bits per heavy atom. The van der Waals surface area contributed by atoms with E-state index in [1.165, 1.54) is 24.3 Å². The van der Waals surface area contributed by atoms with Gasteiger partial charge in [0.1, 0.15) is 0 Å². The molecule has 1 saturated heterocycles. The number of halogens is 3. The first-order valence-electron chi connectivity index (χ1n) is 8.68. The quantitative estimate of drug-likeness (QED) is 0.734. The lowest BCUT2D eigenvalue weighted by atomic mass is 10.1. The van der Waals surface area contributed by atoms with Crippen LogP contribution in [-0.4, -0.2) is 25.0 Å². The first-order chi connectivity index (χ1) is 13.2. The number of anilines is 3. The molecule has 6 nitrogen and oxygen atoms in total. The highest BCUT2D eigenvalue weighted by Gasteiger charge is 2.32. The van der Waals surface area contributed by atoms with Crippen molar-refractivity contribution < 1.29 is 22.8 Å². The third-order valence-electron chi connectivity index (χ3n) is 4.41. The van der Waals surface area contributed by atoms with Gasteiger partial charge in [-0.05, 0) is 49.2 Å². The van der Waals surface area contributed by atoms with E-state index >= 15 is 0 Å². The minimum atomic E-state index is -4.52. The van der Waals surface area contributed by atoms with Gasteiger partial charge in [-0.15, -0.1) is 0 Å². The van der Waals surface area contributed by atoms with E-state index in [0.717, 1.165) is 25.0 Å². The largest absolute Gasteiger partial charge is 0.416 e. The molecule has 0 atom stereocenters. The van der Waals surface area contributed by atoms with E-state index in [2.05, 4.69) is 10.6 Å². The van der Waals surface area contributed by atoms with E-state index in [0.29, 0.717) is 24.5 Å². The number of benzene rings is 2. The number of carbonyl (C=O) groups is 2. The summed E-state index contributed by atoms with van der Waals surface area (Å²) in [5.74, 6) is -0.590. The van der Waals surface area contributed by atoms with Crippen molar-refractivity contribution in [2.24, 2.45) is 5.73 Å². The topological polar surface area (TPSA) is 87.5 Å². The molecule has 9 heteroatoms. The molecule has 0 bridgehead atoms. The molecule has 148 valence electrons. The van der Waals surface area contributed by atoms with Gasteiger partial charge in [0.25, 0.3) is 5.91 Å². The maximum atomic E-state index is 13.1. The van der Waals surface area contributed by atoms with Crippen molar-refractivity contribution in [1.82, 2.24) is 0 Å². The van der Waals surface area contributed by atoms with Crippen molar-refractivity contribution in [3.63, 3.8) is 0 Å². The Morgan fingerprint density at radius 1 is 1.00 bits per heavy atom. The molecule has 28 heavy (non-hydrogen) atoms. The number of hydrogen-bond donors (Lipinski definition) is 3. The summed E-state index contributed by atoms with van der Waals surface area (Å²) in [5, 5.41) is 4.92. The second-order valence-corrected chi connectivity index (χ2v) is 6.45. The zero-order chi connectivity index (χ0) is 20.3. The lowest BCUT2D eigenvalue weighted by Gasteiger charge is -2.23. The summed E-state index contributed by atoms with van der Waals surface area (Å²) in [6, 6.07) is 8.52. The molecule has 0 aromatic heterocycles. The van der Waals surface area contributed by atoms with Crippen molar-refractivity contribution in [3.05, 3.63) is 53.6 Å². The Balaban J connectivity index is 1.91. The van der Waals surface area contributed by atoms with E-state index in [1.807, 2.05) is 4.90 Å². The molecule has 2 aromatic rings. The Morgan fingerprint density at radius 2 is 1.71 bits per heavy atom. The number of nitrogens with two attached hydrogens (primary N) is 1. The number of amides is 3. The van der Waals surface area contributed by atoms with Gasteiger partial charge in [-0.1, -0.05) is 6.07 Å². The minimum Gasteiger partial charge on any atom is -0.370 e. The normalized spacial score (nSPS) is 14.0. The van der Waals surface area contributed by atoms with Crippen LogP contribution in [0.4, 0.5) is 35.0 Å². The zero-order valence-electron chi connectivity index (χ0n) is 14.8. The van der Waals surface area contributed by atoms with Crippen LogP contribution in [0.3, 0.4) is 0 Å². The van der Waals surface area contributed by atoms with Gasteiger partial charge >= 0.3 is 12.2 Å². The fourth-order valence-corrected chi connectivity index (χ4v) is 3.12. The Labute approximate surface area is 159 Å². The molecule has 0 unspecified atom stereocenters. The Bertz CT molecular complexity index is 893. The zero-order valence-corrected chi connectivity index (χ0v) is 14.8. The van der Waals surface area contributed by atoms with Crippen LogP contribution < -0.4 is 21.3 Å². The highest BCUT2D eigenvalue weighted by molar-refractivity contribution is 6.07. The second-order valence-electron chi connectivity index (χ2n) is 6.45. The lowest BCUT2D eigenvalue weighted by Crippen LogP contribution is -2.22. The van der Waals surface area contributed by atoms with E-state index in [9.17, 15) is 22.8 Å². The Kier molecular flexibility index (Phi) is 5.43. The van der Waals surface area contributed by atoms with Crippen LogP contribution in [0.5, 0.6) is 0 Å². The number of primary amides is 1. The van der Waals surface area contributed by atoms with E-state index < -0.39 is 23.7 Å². The van der Waals surface area contributed by atoms with Gasteiger partial charge in [0.2, 0.25) is 0 Å². The lowest BCUT2D eigenvalue weighted by molar-refractivity contribution is -0.137. The van der Waals surface area contributed by atoms with Crippen LogP contribution in [0.2, 0.25) is 0 Å². The van der Waals surface area contributed by atoms with Crippen LogP contribution in [0.1, 0.15) is 28.8 Å². The fraction of sp³-hybridized carbons (Fsp3) is 0.263. The van der Waals surface area contributed by atoms with Gasteiger partial charge in [0.05, 0.1) is 16.9 Å². The van der Waals surface area contributed by atoms with Crippen LogP contribution in [0.15, 0.2) is 42.5 Å². The summed E-state index contributed by atoms with van der Waals surface area (Å²) < 4.78 is 39.4. The molecule has 1 aliphatic rings. The van der Waals surface area contributed by atoms with Gasteiger partial charge < -0.3 is 21.3 Å². The van der Waals surface area contributed by atoms with Crippen molar-refractivity contribution in [2.75, 3.05) is 28.6 Å². The van der Waals surface area contributed by atoms with Crippen molar-refractivity contribution in [3.8, 4) is 0 Å². The number of alkyl halides is 3. The average molecular weight is 392 g/mol. The van der Waals surface area contributed by atoms with Gasteiger partial charge in [-0.3, -0.25) is 4.79 Å². The number of nitrogens with one attached hydrogen (secondary N) is 2. The minimum absolute atomic E-state index is 0.0926. The van der Waals surface area contributed by atoms with Crippen LogP contribution in [0, 0.1) is 0 Å². The summed E-state index contributed by atoms with van der Waals surface area (Å²) in [6.07, 6.45) is -2.64. The molecule has 1 aliphatic heterocycles. The predicted octanol–water partition coefficient (Wildman–Crippen LogP) is 4.05. The average Bonchev–Trinajstić information content (AvgIpc) is 3.15. The molecule has 0 radical (unpaired) electrons. The molecule has 0 saturated carbocycles. The first-order valence-corrected chi connectivity index (χ1v) is 8.68. The van der Waals surface area contributed by atoms with Crippen molar-refractivity contribution in [1.29, 1.82) is 0 Å². The third-order valence-corrected chi connectivity index (χ3v) is 4.41. The van der Waals surface area contributed by atoms with Gasteiger partial charge in [0.15, 0.2) is 0 Å². The van der Waals surface area contributed by atoms with E-state index in [1.54, 1.807) is 6.07 Å². The van der Waals surface area contributed by atoms with Gasteiger partial charge in [0, 0.05) is 24.3 Å². The molecule has 2 aromatic carbocycles. The second kappa shape index (κ2) is 7.79. The van der Waals surface area contributed by atoms with E-state index in [4.69, 9.17) is 5.73 Å². The van der Waals surface area contributed by atoms with Crippen molar-refractivity contribution in [2.45, 2.75) is 19.0 Å². The smallest absolute Gasteiger partial charge is 0.370 e. The van der Waals surface area contributed by atoms with Crippen LogP contribution in [0.25, 0.3) is 0 Å². The first kappa shape index (κ1) is 19.5. The highest BCUT2D eigenvalue weighted by atomic mass is 19.4. The molecule has 0 spiro atoms. The molecule has 3 amide bonds. The standard InChI is InChI=1S/C19H19F3N4O2/c20-19(21,22)13-6-7-16(26-8-1-2-9-26)15(11-13)25-17(27)12-4-3-5-14(10-12)24-18(23)28/h3-7,10-11H,1-2,8-9H2,(H,25,27)(H3,23,24,28). The Hall–Kier alpha value is -3.23. The maximum absolute atomic E-state index is 13.1. The number of rotatable bonds is 4. The number of hydrogen-bond acceptors (Lipinski definition) is 3. The molecular formula is C19H19F3N4O2. The molecular weight excluding hydrogens is 373 g/mol. The number of carbonyl (C=O) groups excluding carboxylic acids is 2. The SMILES string of the molecule is NC(=O)Nc1cccc(C(=O)Nc2cc(C(F)(F)F)ccc2N2CCCC2)c1. The maximum Gasteiger partial charge on any atom is 0.416 e. The predicted molar refractivity (Wildman–Crippen MR) is 100 cm³/mol. The summed E-state index contributed by atoms with van der Waals surface area (Å²) in [6.45, 7) is 1.43. The summed E-state index contributed by atoms with van der Waals surface area (Å²) >= 11 is 0. The fourth-order valence-electron chi connectivity index (χ4n) is 3.12. The van der Waals surface area contributed by atoms with Crippen molar-refractivity contribution >= 4 is 29.0 Å². The van der Waals surface area contributed by atoms with E-state index in [-0.39, 0.29) is 11.3 Å². The summed E-state index contributed by atoms with van der Waals surface area (Å²) in [4.78, 5) is 25.5. The number of urea groups is 1. The summed E-state index contributed by atoms with van der Waals surface area (Å²) in [5.41, 5.74) is 5.35.